The van der Waals surface area contributed by atoms with Gasteiger partial charge in [-0.05, 0) is 30.9 Å². The summed E-state index contributed by atoms with van der Waals surface area (Å²) in [4.78, 5) is 0. The molecule has 2 rings (SSSR count). The summed E-state index contributed by atoms with van der Waals surface area (Å²) in [7, 11) is 0. The number of nitrogens with zero attached hydrogens (tertiary/aromatic N) is 1. The second kappa shape index (κ2) is 3.59. The van der Waals surface area contributed by atoms with E-state index in [0.717, 1.165) is 0 Å². The van der Waals surface area contributed by atoms with Crippen LogP contribution in [0.3, 0.4) is 0 Å². The zero-order valence-corrected chi connectivity index (χ0v) is 7.73. The van der Waals surface area contributed by atoms with Crippen molar-refractivity contribution in [2.24, 2.45) is 5.92 Å². The summed E-state index contributed by atoms with van der Waals surface area (Å²) in [5.41, 5.74) is 0.446. The molecule has 0 amide bonds. The molecule has 3 nitrogen and oxygen atoms in total. The van der Waals surface area contributed by atoms with E-state index in [1.807, 2.05) is 6.07 Å². The van der Waals surface area contributed by atoms with Crippen LogP contribution >= 0.6 is 0 Å². The molecule has 0 saturated heterocycles. The fourth-order valence-electron chi connectivity index (χ4n) is 1.20. The molecule has 1 N–H and O–H groups in total. The van der Waals surface area contributed by atoms with Crippen molar-refractivity contribution in [3.63, 3.8) is 0 Å². The largest absolute Gasteiger partial charge is 0.504 e. The second-order valence-corrected chi connectivity index (χ2v) is 3.55. The van der Waals surface area contributed by atoms with Gasteiger partial charge in [-0.1, -0.05) is 0 Å². The molecule has 0 heterocycles. The topological polar surface area (TPSA) is 53.2 Å². The minimum absolute atomic E-state index is 0.0460. The van der Waals surface area contributed by atoms with Crippen LogP contribution in [0.4, 0.5) is 0 Å². The molecule has 1 aliphatic carbocycles. The van der Waals surface area contributed by atoms with E-state index in [0.29, 0.717) is 23.8 Å². The first-order valence-electron chi connectivity index (χ1n) is 4.65. The maximum absolute atomic E-state index is 9.48. The molecule has 1 fully saturated rings. The van der Waals surface area contributed by atoms with E-state index in [2.05, 4.69) is 0 Å². The molecule has 0 atom stereocenters. The molecular weight excluding hydrogens is 178 g/mol. The fraction of sp³-hybridized carbons (Fsp3) is 0.364. The molecule has 0 aromatic heterocycles. The summed E-state index contributed by atoms with van der Waals surface area (Å²) in [6.45, 7) is 0.666. The third-order valence-corrected chi connectivity index (χ3v) is 2.26. The summed E-state index contributed by atoms with van der Waals surface area (Å²) in [5.74, 6) is 1.17. The number of ether oxygens (including phenoxy) is 1. The molecule has 14 heavy (non-hydrogen) atoms. The third kappa shape index (κ3) is 1.97. The van der Waals surface area contributed by atoms with Crippen LogP contribution in [-0.4, -0.2) is 11.7 Å². The van der Waals surface area contributed by atoms with Gasteiger partial charge >= 0.3 is 0 Å². The smallest absolute Gasteiger partial charge is 0.161 e. The zero-order valence-electron chi connectivity index (χ0n) is 7.73. The van der Waals surface area contributed by atoms with E-state index in [-0.39, 0.29) is 5.75 Å². The van der Waals surface area contributed by atoms with Gasteiger partial charge in [0.15, 0.2) is 11.5 Å². The van der Waals surface area contributed by atoms with Crippen LogP contribution in [-0.2, 0) is 0 Å². The van der Waals surface area contributed by atoms with Crippen molar-refractivity contribution in [3.8, 4) is 17.6 Å². The van der Waals surface area contributed by atoms with Gasteiger partial charge in [0.25, 0.3) is 0 Å². The van der Waals surface area contributed by atoms with Gasteiger partial charge < -0.3 is 9.84 Å². The monoisotopic (exact) mass is 189 g/mol. The van der Waals surface area contributed by atoms with E-state index in [4.69, 9.17) is 10.00 Å². The van der Waals surface area contributed by atoms with Gasteiger partial charge in [0.1, 0.15) is 0 Å². The molecule has 0 radical (unpaired) electrons. The number of hydrogen-bond donors (Lipinski definition) is 1. The van der Waals surface area contributed by atoms with Crippen molar-refractivity contribution in [2.75, 3.05) is 6.61 Å². The molecule has 0 unspecified atom stereocenters. The maximum Gasteiger partial charge on any atom is 0.161 e. The van der Waals surface area contributed by atoms with E-state index in [1.54, 1.807) is 12.1 Å². The number of nitriles is 1. The molecule has 0 spiro atoms. The van der Waals surface area contributed by atoms with Crippen molar-refractivity contribution < 1.29 is 9.84 Å². The lowest BCUT2D eigenvalue weighted by Crippen LogP contribution is -1.98. The molecule has 1 aliphatic rings. The van der Waals surface area contributed by atoms with E-state index in [1.165, 1.54) is 18.9 Å². The Labute approximate surface area is 82.6 Å². The molecular formula is C11H11NO2. The molecule has 1 saturated carbocycles. The van der Waals surface area contributed by atoms with E-state index >= 15 is 0 Å². The van der Waals surface area contributed by atoms with Crippen LogP contribution in [0.5, 0.6) is 11.5 Å². The minimum Gasteiger partial charge on any atom is -0.504 e. The first-order valence-corrected chi connectivity index (χ1v) is 4.65. The highest BCUT2D eigenvalue weighted by atomic mass is 16.5. The van der Waals surface area contributed by atoms with E-state index < -0.39 is 0 Å². The van der Waals surface area contributed by atoms with Gasteiger partial charge in [-0.3, -0.25) is 0 Å². The maximum atomic E-state index is 9.48. The first-order chi connectivity index (χ1) is 6.79. The number of rotatable bonds is 3. The SMILES string of the molecule is N#Cc1ccc(OCC2CC2)c(O)c1. The Morgan fingerprint density at radius 1 is 1.50 bits per heavy atom. The lowest BCUT2D eigenvalue weighted by atomic mass is 10.2. The average Bonchev–Trinajstić information content (AvgIpc) is 2.99. The molecule has 1 aromatic rings. The Bertz CT molecular complexity index is 377. The first kappa shape index (κ1) is 8.89. The van der Waals surface area contributed by atoms with Crippen LogP contribution in [0.15, 0.2) is 18.2 Å². The number of phenols is 1. The molecule has 72 valence electrons. The summed E-state index contributed by atoms with van der Waals surface area (Å²) < 4.78 is 5.40. The van der Waals surface area contributed by atoms with Crippen LogP contribution < -0.4 is 4.74 Å². The zero-order chi connectivity index (χ0) is 9.97. The van der Waals surface area contributed by atoms with Crippen LogP contribution in [0.1, 0.15) is 18.4 Å². The Hall–Kier alpha value is -1.69. The van der Waals surface area contributed by atoms with Gasteiger partial charge in [-0.15, -0.1) is 0 Å². The third-order valence-electron chi connectivity index (χ3n) is 2.26. The van der Waals surface area contributed by atoms with Crippen LogP contribution in [0, 0.1) is 17.2 Å². The molecule has 1 aromatic carbocycles. The second-order valence-electron chi connectivity index (χ2n) is 3.55. The quantitative estimate of drug-likeness (QED) is 0.791. The molecule has 0 aliphatic heterocycles. The molecule has 3 heteroatoms. The predicted octanol–water partition coefficient (Wildman–Crippen LogP) is 2.05. The van der Waals surface area contributed by atoms with Crippen molar-refractivity contribution in [1.29, 1.82) is 5.26 Å². The lowest BCUT2D eigenvalue weighted by molar-refractivity contribution is 0.284. The normalized spacial score (nSPS) is 14.8. The van der Waals surface area contributed by atoms with E-state index in [9.17, 15) is 5.11 Å². The van der Waals surface area contributed by atoms with Gasteiger partial charge in [0, 0.05) is 6.07 Å². The fourth-order valence-corrected chi connectivity index (χ4v) is 1.20. The number of hydrogen-bond acceptors (Lipinski definition) is 3. The van der Waals surface area contributed by atoms with Gasteiger partial charge in [0.2, 0.25) is 0 Å². The van der Waals surface area contributed by atoms with Crippen molar-refractivity contribution in [2.45, 2.75) is 12.8 Å². The minimum atomic E-state index is 0.0460. The highest BCUT2D eigenvalue weighted by molar-refractivity contribution is 5.45. The van der Waals surface area contributed by atoms with Crippen LogP contribution in [0.2, 0.25) is 0 Å². The highest BCUT2D eigenvalue weighted by Crippen LogP contribution is 2.32. The number of benzene rings is 1. The highest BCUT2D eigenvalue weighted by Gasteiger charge is 2.22. The summed E-state index contributed by atoms with van der Waals surface area (Å²) >= 11 is 0. The lowest BCUT2D eigenvalue weighted by Gasteiger charge is -2.06. The standard InChI is InChI=1S/C11H11NO2/c12-6-9-3-4-11(10(13)5-9)14-7-8-1-2-8/h3-5,8,13H,1-2,7H2. The average molecular weight is 189 g/mol. The Balaban J connectivity index is 2.05. The van der Waals surface area contributed by atoms with Gasteiger partial charge in [-0.2, -0.15) is 5.26 Å². The van der Waals surface area contributed by atoms with Crippen molar-refractivity contribution in [1.82, 2.24) is 0 Å². The molecule has 0 bridgehead atoms. The number of phenolic OH excluding ortho intramolecular Hbond substituents is 1. The van der Waals surface area contributed by atoms with Gasteiger partial charge in [0.05, 0.1) is 18.2 Å². The predicted molar refractivity (Wildman–Crippen MR) is 51.0 cm³/mol. The van der Waals surface area contributed by atoms with Crippen molar-refractivity contribution >= 4 is 0 Å². The van der Waals surface area contributed by atoms with Crippen LogP contribution in [0.25, 0.3) is 0 Å². The Morgan fingerprint density at radius 3 is 2.86 bits per heavy atom. The Morgan fingerprint density at radius 2 is 2.29 bits per heavy atom. The summed E-state index contributed by atoms with van der Waals surface area (Å²) in [6, 6.07) is 6.65. The summed E-state index contributed by atoms with van der Waals surface area (Å²) in [5, 5.41) is 18.1. The number of aromatic hydroxyl groups is 1. The summed E-state index contributed by atoms with van der Waals surface area (Å²) in [6.07, 6.45) is 2.44. The van der Waals surface area contributed by atoms with Crippen molar-refractivity contribution in [3.05, 3.63) is 23.8 Å². The Kier molecular flexibility index (Phi) is 2.28. The van der Waals surface area contributed by atoms with Gasteiger partial charge in [-0.25, -0.2) is 0 Å².